The number of anilines is 3. The molecule has 41 heavy (non-hydrogen) atoms. The summed E-state index contributed by atoms with van der Waals surface area (Å²) in [7, 11) is 0. The van der Waals surface area contributed by atoms with Crippen LogP contribution in [0.2, 0.25) is 0 Å². The van der Waals surface area contributed by atoms with Crippen LogP contribution in [0.25, 0.3) is 22.5 Å². The number of rotatable bonds is 7. The molecule has 0 saturated heterocycles. The van der Waals surface area contributed by atoms with Crippen molar-refractivity contribution in [1.82, 2.24) is 9.97 Å². The molecule has 0 spiro atoms. The number of hydrogen-bond donors (Lipinski definition) is 1. The van der Waals surface area contributed by atoms with Gasteiger partial charge in [0.05, 0.1) is 5.69 Å². The monoisotopic (exact) mass is 713 g/mol. The fourth-order valence-corrected chi connectivity index (χ4v) is 4.99. The third-order valence-electron chi connectivity index (χ3n) is 7.05. The minimum absolute atomic E-state index is 0. The van der Waals surface area contributed by atoms with Crippen LogP contribution in [0.15, 0.2) is 140 Å². The minimum Gasteiger partial charge on any atom is -0.507 e. The molecule has 204 valence electrons. The maximum Gasteiger partial charge on any atom is 0.136 e. The van der Waals surface area contributed by atoms with Gasteiger partial charge >= 0.3 is 0 Å². The summed E-state index contributed by atoms with van der Waals surface area (Å²) in [6.07, 6.45) is 1.80. The molecule has 0 saturated carbocycles. The topological polar surface area (TPSA) is 49.2 Å². The number of benzene rings is 4. The minimum atomic E-state index is 0. The number of phenols is 1. The molecule has 0 aliphatic heterocycles. The Bertz CT molecular complexity index is 1690. The van der Waals surface area contributed by atoms with Gasteiger partial charge in [0.2, 0.25) is 0 Å². The van der Waals surface area contributed by atoms with E-state index in [2.05, 4.69) is 71.4 Å². The summed E-state index contributed by atoms with van der Waals surface area (Å²) in [6, 6.07) is 47.8. The quantitative estimate of drug-likeness (QED) is 0.168. The maximum atomic E-state index is 10.5. The Labute approximate surface area is 255 Å². The van der Waals surface area contributed by atoms with Gasteiger partial charge in [0.15, 0.2) is 0 Å². The Balaban J connectivity index is 0.00000337. The molecular formula is C36H28N3OPt-. The molecule has 0 bridgehead atoms. The largest absolute Gasteiger partial charge is 0.507 e. The van der Waals surface area contributed by atoms with Gasteiger partial charge in [-0.05, 0) is 65.3 Å². The second kappa shape index (κ2) is 12.8. The van der Waals surface area contributed by atoms with Crippen molar-refractivity contribution < 1.29 is 26.2 Å². The van der Waals surface area contributed by atoms with Crippen molar-refractivity contribution in [2.75, 3.05) is 4.90 Å². The number of phenolic OH excluding ortho intramolecular Hbond substituents is 1. The molecule has 2 heterocycles. The van der Waals surface area contributed by atoms with Gasteiger partial charge in [-0.2, -0.15) is 0 Å². The van der Waals surface area contributed by atoms with Crippen LogP contribution in [0.3, 0.4) is 0 Å². The first-order valence-electron chi connectivity index (χ1n) is 13.3. The fraction of sp³-hybridized carbons (Fsp3) is 0.0556. The van der Waals surface area contributed by atoms with E-state index in [1.165, 1.54) is 5.56 Å². The second-order valence-electron chi connectivity index (χ2n) is 9.59. The zero-order valence-corrected chi connectivity index (χ0v) is 24.7. The van der Waals surface area contributed by atoms with Crippen LogP contribution in [-0.2, 0) is 21.1 Å². The average molecular weight is 714 g/mol. The van der Waals surface area contributed by atoms with Gasteiger partial charge in [-0.1, -0.05) is 85.8 Å². The van der Waals surface area contributed by atoms with Crippen molar-refractivity contribution in [2.24, 2.45) is 0 Å². The molecule has 5 heteroatoms. The Morgan fingerprint density at radius 1 is 0.683 bits per heavy atom. The van der Waals surface area contributed by atoms with Crippen molar-refractivity contribution in [3.63, 3.8) is 0 Å². The van der Waals surface area contributed by atoms with Crippen molar-refractivity contribution in [1.29, 1.82) is 0 Å². The molecule has 0 fully saturated rings. The standard InChI is InChI=1S/C36H28N3O.Pt/c1-26(27-13-4-2-5-14-27)30-23-22-29(39(28-15-6-3-7-16-28)36-21-10-11-24-37-36)25-32(30)34-19-12-18-33(38-34)31-17-8-9-20-35(31)40;/h2-24,26,40H,1H3;/q-1;. The summed E-state index contributed by atoms with van der Waals surface area (Å²) >= 11 is 0. The molecule has 4 aromatic carbocycles. The molecule has 4 nitrogen and oxygen atoms in total. The van der Waals surface area contributed by atoms with Crippen LogP contribution in [0.4, 0.5) is 17.2 Å². The summed E-state index contributed by atoms with van der Waals surface area (Å²) in [4.78, 5) is 11.8. The smallest absolute Gasteiger partial charge is 0.136 e. The van der Waals surface area contributed by atoms with Gasteiger partial charge in [-0.15, -0.1) is 29.3 Å². The second-order valence-corrected chi connectivity index (χ2v) is 9.59. The summed E-state index contributed by atoms with van der Waals surface area (Å²) in [5.41, 5.74) is 7.27. The van der Waals surface area contributed by atoms with E-state index < -0.39 is 0 Å². The van der Waals surface area contributed by atoms with Gasteiger partial charge in [0.1, 0.15) is 11.6 Å². The van der Waals surface area contributed by atoms with E-state index in [-0.39, 0.29) is 32.7 Å². The maximum absolute atomic E-state index is 10.5. The van der Waals surface area contributed by atoms with E-state index in [9.17, 15) is 5.11 Å². The van der Waals surface area contributed by atoms with Crippen LogP contribution < -0.4 is 4.90 Å². The van der Waals surface area contributed by atoms with Crippen LogP contribution in [0.1, 0.15) is 24.0 Å². The first-order chi connectivity index (χ1) is 19.7. The van der Waals surface area contributed by atoms with E-state index in [1.807, 2.05) is 78.9 Å². The van der Waals surface area contributed by atoms with E-state index in [4.69, 9.17) is 4.98 Å². The van der Waals surface area contributed by atoms with Crippen LogP contribution in [0, 0.1) is 6.07 Å². The van der Waals surface area contributed by atoms with Gasteiger partial charge in [-0.3, -0.25) is 4.98 Å². The molecule has 1 N–H and O–H groups in total. The molecule has 1 atom stereocenters. The summed E-state index contributed by atoms with van der Waals surface area (Å²) in [5.74, 6) is 1.11. The molecule has 0 aliphatic rings. The Morgan fingerprint density at radius 3 is 2.10 bits per heavy atom. The van der Waals surface area contributed by atoms with Gasteiger partial charge in [0.25, 0.3) is 0 Å². The first-order valence-corrected chi connectivity index (χ1v) is 13.3. The number of nitrogens with zero attached hydrogens (tertiary/aromatic N) is 3. The summed E-state index contributed by atoms with van der Waals surface area (Å²) < 4.78 is 0. The van der Waals surface area contributed by atoms with E-state index in [1.54, 1.807) is 12.3 Å². The van der Waals surface area contributed by atoms with Gasteiger partial charge < -0.3 is 10.0 Å². The van der Waals surface area contributed by atoms with Crippen molar-refractivity contribution in [2.45, 2.75) is 12.8 Å². The normalized spacial score (nSPS) is 11.3. The molecule has 6 rings (SSSR count). The van der Waals surface area contributed by atoms with Crippen molar-refractivity contribution >= 4 is 17.2 Å². The van der Waals surface area contributed by atoms with E-state index >= 15 is 0 Å². The molecule has 6 aromatic rings. The third kappa shape index (κ3) is 5.99. The number of aromatic hydroxyl groups is 1. The molecule has 2 aromatic heterocycles. The fourth-order valence-electron chi connectivity index (χ4n) is 4.99. The summed E-state index contributed by atoms with van der Waals surface area (Å²) in [6.45, 7) is 2.21. The summed E-state index contributed by atoms with van der Waals surface area (Å²) in [5, 5.41) is 10.5. The van der Waals surface area contributed by atoms with Gasteiger partial charge in [-0.25, -0.2) is 4.98 Å². The molecule has 0 radical (unpaired) electrons. The van der Waals surface area contributed by atoms with E-state index in [0.29, 0.717) is 11.3 Å². The number of para-hydroxylation sites is 2. The Kier molecular flexibility index (Phi) is 8.72. The zero-order valence-electron chi connectivity index (χ0n) is 22.5. The molecular weight excluding hydrogens is 685 g/mol. The Hall–Kier alpha value is -4.53. The van der Waals surface area contributed by atoms with E-state index in [0.717, 1.165) is 34.0 Å². The van der Waals surface area contributed by atoms with Gasteiger partial charge in [0, 0.05) is 38.5 Å². The molecule has 0 aliphatic carbocycles. The first kappa shape index (κ1) is 28.0. The average Bonchev–Trinajstić information content (AvgIpc) is 3.03. The SMILES string of the molecule is CC(c1ccccc1)c1ccc(N(c2ccccc2)c2ccccn2)[c-]c1-c1cccc(-c2ccccc2O)n1.[Pt]. The van der Waals surface area contributed by atoms with Crippen molar-refractivity contribution in [3.05, 3.63) is 157 Å². The predicted octanol–water partition coefficient (Wildman–Crippen LogP) is 8.94. The van der Waals surface area contributed by atoms with Crippen molar-refractivity contribution in [3.8, 4) is 28.3 Å². The molecule has 0 amide bonds. The number of hydrogen-bond acceptors (Lipinski definition) is 4. The predicted molar refractivity (Wildman–Crippen MR) is 162 cm³/mol. The van der Waals surface area contributed by atoms with Crippen LogP contribution >= 0.6 is 0 Å². The zero-order chi connectivity index (χ0) is 27.3. The van der Waals surface area contributed by atoms with Crippen LogP contribution in [-0.4, -0.2) is 15.1 Å². The van der Waals surface area contributed by atoms with Crippen LogP contribution in [0.5, 0.6) is 5.75 Å². The number of pyridine rings is 2. The number of aromatic nitrogens is 2. The molecule has 1 unspecified atom stereocenters. The Morgan fingerprint density at radius 2 is 1.37 bits per heavy atom. The third-order valence-corrected chi connectivity index (χ3v) is 7.05.